The quantitative estimate of drug-likeness (QED) is 0.250. The second kappa shape index (κ2) is 9.76. The van der Waals surface area contributed by atoms with Crippen molar-refractivity contribution in [2.24, 2.45) is 5.92 Å². The second-order valence-electron chi connectivity index (χ2n) is 6.71. The summed E-state index contributed by atoms with van der Waals surface area (Å²) in [6, 6.07) is 4.99. The monoisotopic (exact) mass is 423 g/mol. The molecule has 1 aromatic carbocycles. The number of amidine groups is 1. The molecule has 0 radical (unpaired) electrons. The number of hydrogen-bond acceptors (Lipinski definition) is 3. The molecule has 0 aliphatic carbocycles. The van der Waals surface area contributed by atoms with Gasteiger partial charge in [0.15, 0.2) is 12.3 Å². The van der Waals surface area contributed by atoms with Gasteiger partial charge in [0.1, 0.15) is 5.82 Å². The van der Waals surface area contributed by atoms with Gasteiger partial charge in [-0.1, -0.05) is 12.1 Å². The predicted octanol–water partition coefficient (Wildman–Crippen LogP) is 2.02. The minimum absolute atomic E-state index is 0.129. The lowest BCUT2D eigenvalue weighted by atomic mass is 9.93. The zero-order chi connectivity index (χ0) is 20.9. The first kappa shape index (κ1) is 22.7. The van der Waals surface area contributed by atoms with Gasteiger partial charge in [0.25, 0.3) is 0 Å². The zero-order valence-electron chi connectivity index (χ0n) is 15.4. The van der Waals surface area contributed by atoms with Crippen LogP contribution in [0.1, 0.15) is 12.0 Å². The van der Waals surface area contributed by atoms with Crippen LogP contribution in [0.25, 0.3) is 0 Å². The zero-order valence-corrected chi connectivity index (χ0v) is 16.3. The summed E-state index contributed by atoms with van der Waals surface area (Å²) in [5.74, 6) is -1.04. The Morgan fingerprint density at radius 1 is 1.39 bits per heavy atom. The summed E-state index contributed by atoms with van der Waals surface area (Å²) in [5.41, 5.74) is 0.401. The third kappa shape index (κ3) is 6.49. The largest absolute Gasteiger partial charge is 0.417 e. The summed E-state index contributed by atoms with van der Waals surface area (Å²) >= 11 is 4.14. The lowest BCUT2D eigenvalue weighted by molar-refractivity contribution is -0.266. The van der Waals surface area contributed by atoms with Gasteiger partial charge in [-0.05, 0) is 30.3 Å². The van der Waals surface area contributed by atoms with E-state index in [0.29, 0.717) is 10.7 Å². The van der Waals surface area contributed by atoms with E-state index in [0.717, 1.165) is 12.1 Å². The van der Waals surface area contributed by atoms with Crippen molar-refractivity contribution in [1.82, 2.24) is 9.57 Å². The van der Waals surface area contributed by atoms with Crippen LogP contribution in [0, 0.1) is 11.7 Å². The highest BCUT2D eigenvalue weighted by atomic mass is 32.1. The standard InChI is InChI=1S/C18H22F4N2O3S/c1-24(2)17(28)23-8-12-10-26-15(7-14(12)25)16(18(20,21)22)27-9-11-3-5-13(19)6-4-11/h3-6,8,12,14-16,25H,7,9-10H2,1-2H3/p+1/t12?,14-,15-,16+/m0/s1. The molecule has 1 heterocycles. The molecule has 1 aliphatic rings. The smallest absolute Gasteiger partial charge is 0.392 e. The summed E-state index contributed by atoms with van der Waals surface area (Å²) in [5, 5.41) is 10.6. The van der Waals surface area contributed by atoms with Gasteiger partial charge in [0, 0.05) is 6.42 Å². The van der Waals surface area contributed by atoms with Crippen molar-refractivity contribution in [3.05, 3.63) is 35.6 Å². The minimum Gasteiger partial charge on any atom is -0.392 e. The molecule has 0 saturated carbocycles. The van der Waals surface area contributed by atoms with Crippen molar-refractivity contribution in [1.29, 1.82) is 0 Å². The van der Waals surface area contributed by atoms with Crippen LogP contribution < -0.4 is 4.67 Å². The fourth-order valence-corrected chi connectivity index (χ4v) is 2.70. The molecule has 1 aliphatic heterocycles. The number of thiol groups is 1. The van der Waals surface area contributed by atoms with Gasteiger partial charge in [-0.3, -0.25) is 0 Å². The molecule has 28 heavy (non-hydrogen) atoms. The van der Waals surface area contributed by atoms with Crippen LogP contribution >= 0.6 is 12.6 Å². The van der Waals surface area contributed by atoms with E-state index >= 15 is 0 Å². The Labute approximate surface area is 166 Å². The number of alkyl halides is 3. The number of nitrogens with zero attached hydrogens (tertiary/aromatic N) is 2. The van der Waals surface area contributed by atoms with Crippen molar-refractivity contribution in [3.63, 3.8) is 0 Å². The van der Waals surface area contributed by atoms with E-state index in [1.807, 2.05) is 0 Å². The van der Waals surface area contributed by atoms with E-state index in [9.17, 15) is 22.7 Å². The molecule has 2 rings (SSSR count). The maximum Gasteiger partial charge on any atom is 0.417 e. The molecule has 10 heteroatoms. The van der Waals surface area contributed by atoms with Crippen molar-refractivity contribution < 1.29 is 32.1 Å². The highest BCUT2D eigenvalue weighted by Gasteiger charge is 2.49. The van der Waals surface area contributed by atoms with Crippen molar-refractivity contribution in [3.8, 4) is 0 Å². The van der Waals surface area contributed by atoms with Crippen LogP contribution in [0.5, 0.6) is 0 Å². The lowest BCUT2D eigenvalue weighted by Crippen LogP contribution is -2.50. The fourth-order valence-electron chi connectivity index (χ4n) is 2.64. The van der Waals surface area contributed by atoms with E-state index in [2.05, 4.69) is 17.3 Å². The number of hydrogen-bond donors (Lipinski definition) is 2. The highest BCUT2D eigenvalue weighted by molar-refractivity contribution is 7.96. The van der Waals surface area contributed by atoms with Gasteiger partial charge in [-0.15, -0.1) is 0 Å². The second-order valence-corrected chi connectivity index (χ2v) is 7.11. The summed E-state index contributed by atoms with van der Waals surface area (Å²) in [6.07, 6.45) is -8.14. The number of halogens is 4. The number of aliphatic hydroxyl groups excluding tert-OH is 1. The normalized spacial score (nSPS) is 23.6. The van der Waals surface area contributed by atoms with Gasteiger partial charge in [0.05, 0.1) is 45.4 Å². The van der Waals surface area contributed by atoms with Crippen LogP contribution in [-0.2, 0) is 16.1 Å². The first-order chi connectivity index (χ1) is 13.1. The molecule has 5 nitrogen and oxygen atoms in total. The first-order valence-corrected chi connectivity index (χ1v) is 9.02. The maximum atomic E-state index is 13.4. The van der Waals surface area contributed by atoms with Crippen LogP contribution in [-0.4, -0.2) is 66.6 Å². The lowest BCUT2D eigenvalue weighted by Gasteiger charge is -2.35. The Morgan fingerprint density at radius 3 is 2.57 bits per heavy atom. The summed E-state index contributed by atoms with van der Waals surface area (Å²) < 4.78 is 67.7. The van der Waals surface area contributed by atoms with E-state index in [1.165, 1.54) is 18.3 Å². The molecule has 1 aromatic rings. The third-order valence-electron chi connectivity index (χ3n) is 4.26. The predicted molar refractivity (Wildman–Crippen MR) is 101 cm³/mol. The number of aliphatic hydroxyl groups is 1. The van der Waals surface area contributed by atoms with Crippen LogP contribution in [0.3, 0.4) is 0 Å². The molecular weight excluding hydrogens is 400 g/mol. The Balaban J connectivity index is 2.03. The minimum atomic E-state index is -4.68. The average Bonchev–Trinajstić information content (AvgIpc) is 2.61. The molecule has 1 fully saturated rings. The molecule has 156 valence electrons. The maximum absolute atomic E-state index is 13.4. The molecular formula is C18H23F4N2O3S+. The molecule has 0 amide bonds. The number of ether oxygens (including phenoxy) is 2. The topological polar surface area (TPSA) is 56.0 Å². The van der Waals surface area contributed by atoms with Gasteiger partial charge in [-0.2, -0.15) is 13.2 Å². The molecule has 0 bridgehead atoms. The Hall–Kier alpha value is -1.58. The third-order valence-corrected chi connectivity index (χ3v) is 4.77. The highest BCUT2D eigenvalue weighted by Crippen LogP contribution is 2.32. The number of rotatable bonds is 5. The van der Waals surface area contributed by atoms with Crippen LogP contribution in [0.4, 0.5) is 17.6 Å². The van der Waals surface area contributed by atoms with Crippen LogP contribution in [0.15, 0.2) is 24.3 Å². The molecule has 1 saturated heterocycles. The summed E-state index contributed by atoms with van der Waals surface area (Å²) in [4.78, 5) is 1.64. The Kier molecular flexibility index (Phi) is 7.91. The van der Waals surface area contributed by atoms with Crippen molar-refractivity contribution in [2.45, 2.75) is 37.5 Å². The van der Waals surface area contributed by atoms with E-state index in [-0.39, 0.29) is 19.6 Å². The van der Waals surface area contributed by atoms with Crippen molar-refractivity contribution >= 4 is 24.0 Å². The fraction of sp³-hybridized carbons (Fsp3) is 0.556. The van der Waals surface area contributed by atoms with Crippen molar-refractivity contribution in [2.75, 3.05) is 20.7 Å². The number of benzene rings is 1. The SMILES string of the molecule is CN(C)C(S)=[N+]=CC1CO[C@H]([C@@H](OCc2ccc(F)cc2)C(F)(F)F)C[C@@H]1O. The molecule has 0 aromatic heterocycles. The summed E-state index contributed by atoms with van der Waals surface area (Å²) in [7, 11) is 3.46. The summed E-state index contributed by atoms with van der Waals surface area (Å²) in [6.45, 7) is -0.484. The van der Waals surface area contributed by atoms with E-state index < -0.39 is 36.2 Å². The molecule has 4 atom stereocenters. The van der Waals surface area contributed by atoms with Gasteiger partial charge < -0.3 is 14.6 Å². The van der Waals surface area contributed by atoms with E-state index in [4.69, 9.17) is 9.47 Å². The van der Waals surface area contributed by atoms with E-state index in [1.54, 1.807) is 19.0 Å². The molecule has 1 N–H and O–H groups in total. The Bertz CT molecular complexity index is 706. The Morgan fingerprint density at radius 2 is 2.04 bits per heavy atom. The molecule has 1 unspecified atom stereocenters. The first-order valence-electron chi connectivity index (χ1n) is 8.57. The van der Waals surface area contributed by atoms with Gasteiger partial charge in [-0.25, -0.2) is 14.0 Å². The van der Waals surface area contributed by atoms with Crippen LogP contribution in [0.2, 0.25) is 0 Å². The van der Waals surface area contributed by atoms with Gasteiger partial charge >= 0.3 is 11.3 Å². The van der Waals surface area contributed by atoms with Gasteiger partial charge in [0.2, 0.25) is 0 Å². The average molecular weight is 423 g/mol. The molecule has 0 spiro atoms.